The third kappa shape index (κ3) is 5.86. The van der Waals surface area contributed by atoms with Crippen molar-refractivity contribution in [1.82, 2.24) is 30.3 Å². The molecule has 0 bridgehead atoms. The number of hydrogen-bond donors (Lipinski definition) is 2. The molecule has 0 amide bonds. The molecule has 0 radical (unpaired) electrons. The van der Waals surface area contributed by atoms with Crippen LogP contribution in [0.3, 0.4) is 0 Å². The summed E-state index contributed by atoms with van der Waals surface area (Å²) in [6.45, 7) is 7.30. The SMILES string of the molecule is CCn1cnnc1CNC(=NC)NCC(c1ccc(OC)c(OC)c1)N1CCOCC1. The maximum Gasteiger partial charge on any atom is 0.191 e. The Hall–Kier alpha value is -2.85. The summed E-state index contributed by atoms with van der Waals surface area (Å²) in [5, 5.41) is 14.9. The molecule has 170 valence electrons. The predicted octanol–water partition coefficient (Wildman–Crippen LogP) is 1.05. The van der Waals surface area contributed by atoms with Crippen molar-refractivity contribution >= 4 is 5.96 Å². The van der Waals surface area contributed by atoms with E-state index >= 15 is 0 Å². The van der Waals surface area contributed by atoms with Crippen molar-refractivity contribution in [2.24, 2.45) is 4.99 Å². The highest BCUT2D eigenvalue weighted by molar-refractivity contribution is 5.79. The normalized spacial score (nSPS) is 16.1. The van der Waals surface area contributed by atoms with Crippen LogP contribution < -0.4 is 20.1 Å². The summed E-state index contributed by atoms with van der Waals surface area (Å²) in [5.74, 6) is 3.02. The summed E-state index contributed by atoms with van der Waals surface area (Å²) in [6, 6.07) is 6.21. The van der Waals surface area contributed by atoms with E-state index in [9.17, 15) is 0 Å². The van der Waals surface area contributed by atoms with Crippen LogP contribution >= 0.6 is 0 Å². The highest BCUT2D eigenvalue weighted by Crippen LogP contribution is 2.32. The van der Waals surface area contributed by atoms with Gasteiger partial charge in [0.15, 0.2) is 23.3 Å². The predicted molar refractivity (Wildman–Crippen MR) is 119 cm³/mol. The van der Waals surface area contributed by atoms with Gasteiger partial charge in [-0.05, 0) is 24.6 Å². The van der Waals surface area contributed by atoms with Gasteiger partial charge < -0.3 is 29.4 Å². The summed E-state index contributed by atoms with van der Waals surface area (Å²) in [5.41, 5.74) is 1.15. The molecule has 1 aromatic heterocycles. The van der Waals surface area contributed by atoms with Crippen LogP contribution in [0.25, 0.3) is 0 Å². The molecule has 2 heterocycles. The first-order valence-corrected chi connectivity index (χ1v) is 10.5. The minimum Gasteiger partial charge on any atom is -0.493 e. The van der Waals surface area contributed by atoms with Gasteiger partial charge in [-0.1, -0.05) is 6.07 Å². The number of morpholine rings is 1. The molecule has 3 rings (SSSR count). The van der Waals surface area contributed by atoms with E-state index in [1.54, 1.807) is 27.6 Å². The Kier molecular flexibility index (Phi) is 8.48. The van der Waals surface area contributed by atoms with Crippen molar-refractivity contribution in [2.75, 3.05) is 54.1 Å². The minimum atomic E-state index is 0.126. The maximum atomic E-state index is 5.56. The van der Waals surface area contributed by atoms with Crippen molar-refractivity contribution in [3.8, 4) is 11.5 Å². The van der Waals surface area contributed by atoms with Crippen molar-refractivity contribution in [2.45, 2.75) is 26.1 Å². The van der Waals surface area contributed by atoms with Gasteiger partial charge >= 0.3 is 0 Å². The Balaban J connectivity index is 1.70. The lowest BCUT2D eigenvalue weighted by Gasteiger charge is -2.35. The summed E-state index contributed by atoms with van der Waals surface area (Å²) >= 11 is 0. The van der Waals surface area contributed by atoms with Gasteiger partial charge in [-0.2, -0.15) is 0 Å². The second-order valence-electron chi connectivity index (χ2n) is 7.12. The number of nitrogens with one attached hydrogen (secondary N) is 2. The smallest absolute Gasteiger partial charge is 0.191 e. The Morgan fingerprint density at radius 1 is 1.19 bits per heavy atom. The molecule has 2 N–H and O–H groups in total. The zero-order valence-corrected chi connectivity index (χ0v) is 18.8. The summed E-state index contributed by atoms with van der Waals surface area (Å²) in [7, 11) is 5.07. The van der Waals surface area contributed by atoms with E-state index < -0.39 is 0 Å². The zero-order valence-electron chi connectivity index (χ0n) is 18.8. The first-order valence-electron chi connectivity index (χ1n) is 10.5. The highest BCUT2D eigenvalue weighted by atomic mass is 16.5. The quantitative estimate of drug-likeness (QED) is 0.449. The number of methoxy groups -OCH3 is 2. The first kappa shape index (κ1) is 22.8. The van der Waals surface area contributed by atoms with Crippen LogP contribution in [0, 0.1) is 0 Å². The number of rotatable bonds is 9. The minimum absolute atomic E-state index is 0.126. The van der Waals surface area contributed by atoms with E-state index in [1.807, 2.05) is 16.7 Å². The van der Waals surface area contributed by atoms with E-state index in [2.05, 4.69) is 43.7 Å². The fraction of sp³-hybridized carbons (Fsp3) is 0.571. The average molecular weight is 432 g/mol. The second kappa shape index (κ2) is 11.5. The summed E-state index contributed by atoms with van der Waals surface area (Å²) in [6.07, 6.45) is 1.73. The highest BCUT2D eigenvalue weighted by Gasteiger charge is 2.24. The molecule has 31 heavy (non-hydrogen) atoms. The van der Waals surface area contributed by atoms with Gasteiger partial charge in [0.1, 0.15) is 6.33 Å². The van der Waals surface area contributed by atoms with Crippen molar-refractivity contribution in [1.29, 1.82) is 0 Å². The van der Waals surface area contributed by atoms with Gasteiger partial charge in [0.05, 0.1) is 40.0 Å². The lowest BCUT2D eigenvalue weighted by atomic mass is 10.0. The molecule has 1 saturated heterocycles. The molecule has 10 heteroatoms. The van der Waals surface area contributed by atoms with Crippen LogP contribution in [-0.2, 0) is 17.8 Å². The van der Waals surface area contributed by atoms with Crippen LogP contribution in [0.2, 0.25) is 0 Å². The van der Waals surface area contributed by atoms with Crippen molar-refractivity contribution in [3.05, 3.63) is 35.9 Å². The molecule has 0 spiro atoms. The molecule has 1 unspecified atom stereocenters. The van der Waals surface area contributed by atoms with Crippen LogP contribution in [0.1, 0.15) is 24.4 Å². The zero-order chi connectivity index (χ0) is 22.1. The molecule has 0 aliphatic carbocycles. The van der Waals surface area contributed by atoms with Gasteiger partial charge in [-0.3, -0.25) is 9.89 Å². The van der Waals surface area contributed by atoms with Crippen LogP contribution in [0.5, 0.6) is 11.5 Å². The second-order valence-corrected chi connectivity index (χ2v) is 7.12. The molecule has 1 aromatic carbocycles. The van der Waals surface area contributed by atoms with E-state index in [1.165, 1.54) is 0 Å². The number of guanidine groups is 1. The monoisotopic (exact) mass is 431 g/mol. The Morgan fingerprint density at radius 2 is 1.97 bits per heavy atom. The Labute approximate surface area is 183 Å². The van der Waals surface area contributed by atoms with Gasteiger partial charge in [-0.25, -0.2) is 0 Å². The number of benzene rings is 1. The van der Waals surface area contributed by atoms with E-state index in [4.69, 9.17) is 14.2 Å². The molecule has 1 aliphatic rings. The van der Waals surface area contributed by atoms with Gasteiger partial charge in [0.25, 0.3) is 0 Å². The van der Waals surface area contributed by atoms with Gasteiger partial charge in [0, 0.05) is 33.2 Å². The molecule has 1 fully saturated rings. The summed E-state index contributed by atoms with van der Waals surface area (Å²) < 4.78 is 18.5. The maximum absolute atomic E-state index is 5.56. The molecule has 2 aromatic rings. The number of aliphatic imine (C=N–C) groups is 1. The lowest BCUT2D eigenvalue weighted by Crippen LogP contribution is -2.46. The third-order valence-corrected chi connectivity index (χ3v) is 5.42. The molecular formula is C21H33N7O3. The topological polar surface area (TPSA) is 98.1 Å². The molecule has 1 atom stereocenters. The van der Waals surface area contributed by atoms with Crippen LogP contribution in [0.15, 0.2) is 29.5 Å². The third-order valence-electron chi connectivity index (χ3n) is 5.42. The van der Waals surface area contributed by atoms with Crippen molar-refractivity contribution in [3.63, 3.8) is 0 Å². The fourth-order valence-electron chi connectivity index (χ4n) is 3.66. The average Bonchev–Trinajstić information content (AvgIpc) is 3.29. The standard InChI is InChI=1S/C21H33N7O3/c1-5-27-15-25-26-20(27)14-24-21(22-2)23-13-17(28-8-10-31-11-9-28)16-6-7-18(29-3)19(12-16)30-4/h6-7,12,15,17H,5,8-11,13-14H2,1-4H3,(H2,22,23,24). The molecule has 10 nitrogen and oxygen atoms in total. The first-order chi connectivity index (χ1) is 15.2. The van der Waals surface area contributed by atoms with E-state index in [0.29, 0.717) is 19.0 Å². The van der Waals surface area contributed by atoms with Crippen LogP contribution in [-0.4, -0.2) is 79.7 Å². The molecule has 1 aliphatic heterocycles. The van der Waals surface area contributed by atoms with Gasteiger partial charge in [0.2, 0.25) is 0 Å². The van der Waals surface area contributed by atoms with E-state index in [-0.39, 0.29) is 6.04 Å². The Bertz CT molecular complexity index is 849. The number of ether oxygens (including phenoxy) is 3. The van der Waals surface area contributed by atoms with Gasteiger partial charge in [-0.15, -0.1) is 10.2 Å². The van der Waals surface area contributed by atoms with E-state index in [0.717, 1.165) is 55.7 Å². The molecule has 0 saturated carbocycles. The van der Waals surface area contributed by atoms with Crippen LogP contribution in [0.4, 0.5) is 0 Å². The Morgan fingerprint density at radius 3 is 2.65 bits per heavy atom. The summed E-state index contributed by atoms with van der Waals surface area (Å²) in [4.78, 5) is 6.78. The largest absolute Gasteiger partial charge is 0.493 e. The number of aromatic nitrogens is 3. The fourth-order valence-corrected chi connectivity index (χ4v) is 3.66. The number of aryl methyl sites for hydroxylation is 1. The number of nitrogens with zero attached hydrogens (tertiary/aromatic N) is 5. The molecular weight excluding hydrogens is 398 g/mol. The van der Waals surface area contributed by atoms with Crippen molar-refractivity contribution < 1.29 is 14.2 Å². The number of hydrogen-bond acceptors (Lipinski definition) is 7. The lowest BCUT2D eigenvalue weighted by molar-refractivity contribution is 0.0169.